The van der Waals surface area contributed by atoms with E-state index in [1.807, 2.05) is 0 Å². The van der Waals surface area contributed by atoms with Crippen molar-refractivity contribution in [2.24, 2.45) is 0 Å². The van der Waals surface area contributed by atoms with Gasteiger partial charge in [-0.15, -0.1) is 0 Å². The lowest BCUT2D eigenvalue weighted by molar-refractivity contribution is -0.136. The lowest BCUT2D eigenvalue weighted by Gasteiger charge is -2.33. The number of rotatable bonds is 3. The van der Waals surface area contributed by atoms with E-state index in [0.29, 0.717) is 11.3 Å². The predicted molar refractivity (Wildman–Crippen MR) is 83.4 cm³/mol. The Labute approximate surface area is 138 Å². The minimum absolute atomic E-state index is 0.0504. The van der Waals surface area contributed by atoms with E-state index in [9.17, 15) is 14.7 Å². The van der Waals surface area contributed by atoms with Gasteiger partial charge in [0.2, 0.25) is 0 Å². The number of phenolic OH excluding ortho intramolecular Hbond substituents is 1. The Morgan fingerprint density at radius 3 is 2.61 bits per heavy atom. The van der Waals surface area contributed by atoms with Crippen molar-refractivity contribution in [3.8, 4) is 11.5 Å². The first-order chi connectivity index (χ1) is 10.8. The van der Waals surface area contributed by atoms with E-state index >= 15 is 0 Å². The quantitative estimate of drug-likeness (QED) is 0.823. The van der Waals surface area contributed by atoms with E-state index < -0.39 is 12.0 Å². The first-order valence-electron chi connectivity index (χ1n) is 6.71. The fourth-order valence-electron chi connectivity index (χ4n) is 2.38. The third kappa shape index (κ3) is 2.92. The molecule has 0 bridgehead atoms. The molecule has 23 heavy (non-hydrogen) atoms. The summed E-state index contributed by atoms with van der Waals surface area (Å²) in [5.74, 6) is -0.637. The Morgan fingerprint density at radius 2 is 2.04 bits per heavy atom. The van der Waals surface area contributed by atoms with Gasteiger partial charge < -0.3 is 24.8 Å². The molecule has 0 saturated heterocycles. The van der Waals surface area contributed by atoms with Crippen molar-refractivity contribution < 1.29 is 24.2 Å². The molecule has 124 valence electrons. The molecule has 1 atom stereocenters. The summed E-state index contributed by atoms with van der Waals surface area (Å²) >= 11 is 5.99. The SMILES string of the molecule is COC(=O)C1=C(C)N(C)C(=O)N[C@@H]1c1cc(Cl)c(O)c(OC)c1. The molecule has 1 aliphatic rings. The molecular weight excluding hydrogens is 324 g/mol. The van der Waals surface area contributed by atoms with E-state index in [2.05, 4.69) is 5.32 Å². The van der Waals surface area contributed by atoms with Crippen LogP contribution >= 0.6 is 11.6 Å². The maximum Gasteiger partial charge on any atom is 0.337 e. The van der Waals surface area contributed by atoms with Gasteiger partial charge in [-0.2, -0.15) is 0 Å². The van der Waals surface area contributed by atoms with Gasteiger partial charge in [0, 0.05) is 12.7 Å². The summed E-state index contributed by atoms with van der Waals surface area (Å²) in [4.78, 5) is 25.5. The van der Waals surface area contributed by atoms with Crippen LogP contribution in [-0.2, 0) is 9.53 Å². The van der Waals surface area contributed by atoms with Crippen LogP contribution in [0.1, 0.15) is 18.5 Å². The minimum atomic E-state index is -0.766. The molecule has 0 saturated carbocycles. The summed E-state index contributed by atoms with van der Waals surface area (Å²) in [6.45, 7) is 1.65. The Bertz CT molecular complexity index is 701. The molecule has 1 heterocycles. The number of urea groups is 1. The average molecular weight is 341 g/mol. The Hall–Kier alpha value is -2.41. The molecule has 0 radical (unpaired) electrons. The average Bonchev–Trinajstić information content (AvgIpc) is 2.54. The highest BCUT2D eigenvalue weighted by Crippen LogP contribution is 2.39. The monoisotopic (exact) mass is 340 g/mol. The maximum atomic E-state index is 12.1. The van der Waals surface area contributed by atoms with E-state index in [1.165, 1.54) is 31.3 Å². The van der Waals surface area contributed by atoms with Crippen molar-refractivity contribution in [3.63, 3.8) is 0 Å². The number of benzene rings is 1. The standard InChI is InChI=1S/C15H17ClN2O5/c1-7-11(14(20)23-4)12(17-15(21)18(7)2)8-5-9(16)13(19)10(6-8)22-3/h5-6,12,19H,1-4H3,(H,17,21)/t12-/m1/s1. The first-order valence-corrected chi connectivity index (χ1v) is 7.09. The number of esters is 1. The van der Waals surface area contributed by atoms with Crippen LogP contribution in [0.3, 0.4) is 0 Å². The fourth-order valence-corrected chi connectivity index (χ4v) is 2.60. The summed E-state index contributed by atoms with van der Waals surface area (Å²) in [6.07, 6.45) is 0. The molecule has 0 aliphatic carbocycles. The highest BCUT2D eigenvalue weighted by Gasteiger charge is 2.35. The largest absolute Gasteiger partial charge is 0.503 e. The van der Waals surface area contributed by atoms with Crippen LogP contribution in [0.5, 0.6) is 11.5 Å². The van der Waals surface area contributed by atoms with Crippen molar-refractivity contribution in [2.75, 3.05) is 21.3 Å². The van der Waals surface area contributed by atoms with Gasteiger partial charge in [0.1, 0.15) is 0 Å². The second-order valence-electron chi connectivity index (χ2n) is 4.99. The molecule has 0 aromatic heterocycles. The van der Waals surface area contributed by atoms with Gasteiger partial charge in [-0.3, -0.25) is 0 Å². The van der Waals surface area contributed by atoms with Crippen LogP contribution in [0.25, 0.3) is 0 Å². The van der Waals surface area contributed by atoms with Gasteiger partial charge >= 0.3 is 12.0 Å². The molecular formula is C15H17ClN2O5. The maximum absolute atomic E-state index is 12.1. The van der Waals surface area contributed by atoms with Gasteiger partial charge in [0.25, 0.3) is 0 Å². The lowest BCUT2D eigenvalue weighted by Crippen LogP contribution is -2.46. The summed E-state index contributed by atoms with van der Waals surface area (Å²) in [5.41, 5.74) is 1.23. The van der Waals surface area contributed by atoms with Gasteiger partial charge in [-0.05, 0) is 24.6 Å². The second-order valence-corrected chi connectivity index (χ2v) is 5.39. The second kappa shape index (κ2) is 6.37. The number of hydrogen-bond acceptors (Lipinski definition) is 5. The Morgan fingerprint density at radius 1 is 1.39 bits per heavy atom. The molecule has 1 aliphatic heterocycles. The lowest BCUT2D eigenvalue weighted by atomic mass is 9.94. The number of nitrogens with one attached hydrogen (secondary N) is 1. The van der Waals surface area contributed by atoms with E-state index in [-0.39, 0.29) is 28.1 Å². The number of aromatic hydroxyl groups is 1. The molecule has 2 N–H and O–H groups in total. The van der Waals surface area contributed by atoms with Gasteiger partial charge in [-0.25, -0.2) is 9.59 Å². The zero-order valence-corrected chi connectivity index (χ0v) is 13.9. The molecule has 0 unspecified atom stereocenters. The van der Waals surface area contributed by atoms with Gasteiger partial charge in [0.05, 0.1) is 30.9 Å². The fraction of sp³-hybridized carbons (Fsp3) is 0.333. The van der Waals surface area contributed by atoms with Gasteiger partial charge in [-0.1, -0.05) is 11.6 Å². The third-order valence-corrected chi connectivity index (χ3v) is 4.05. The third-order valence-electron chi connectivity index (χ3n) is 3.76. The molecule has 1 aromatic rings. The Kier molecular flexibility index (Phi) is 4.70. The molecule has 1 aromatic carbocycles. The molecule has 8 heteroatoms. The number of allylic oxidation sites excluding steroid dienone is 1. The number of nitrogens with zero attached hydrogens (tertiary/aromatic N) is 1. The van der Waals surface area contributed by atoms with Crippen molar-refractivity contribution in [1.82, 2.24) is 10.2 Å². The highest BCUT2D eigenvalue weighted by molar-refractivity contribution is 6.32. The summed E-state index contributed by atoms with van der Waals surface area (Å²) < 4.78 is 9.88. The highest BCUT2D eigenvalue weighted by atomic mass is 35.5. The molecule has 0 spiro atoms. The molecule has 2 rings (SSSR count). The summed E-state index contributed by atoms with van der Waals surface area (Å²) in [5, 5.41) is 12.6. The number of hydrogen-bond donors (Lipinski definition) is 2. The number of phenols is 1. The van der Waals surface area contributed by atoms with E-state index in [1.54, 1.807) is 14.0 Å². The predicted octanol–water partition coefficient (Wildman–Crippen LogP) is 2.20. The molecule has 7 nitrogen and oxygen atoms in total. The van der Waals surface area contributed by atoms with Crippen LogP contribution < -0.4 is 10.1 Å². The zero-order chi connectivity index (χ0) is 17.3. The number of halogens is 1. The topological polar surface area (TPSA) is 88.1 Å². The Balaban J connectivity index is 2.62. The first kappa shape index (κ1) is 17.0. The van der Waals surface area contributed by atoms with Crippen LogP contribution in [0, 0.1) is 0 Å². The van der Waals surface area contributed by atoms with Crippen LogP contribution in [0.15, 0.2) is 23.4 Å². The number of carbonyl (C=O) groups is 2. The summed E-state index contributed by atoms with van der Waals surface area (Å²) in [7, 11) is 4.19. The van der Waals surface area contributed by atoms with Crippen LogP contribution in [0.2, 0.25) is 5.02 Å². The number of methoxy groups -OCH3 is 2. The minimum Gasteiger partial charge on any atom is -0.503 e. The van der Waals surface area contributed by atoms with E-state index in [4.69, 9.17) is 21.1 Å². The van der Waals surface area contributed by atoms with Crippen molar-refractivity contribution in [1.29, 1.82) is 0 Å². The zero-order valence-electron chi connectivity index (χ0n) is 13.1. The number of carbonyl (C=O) groups excluding carboxylic acids is 2. The summed E-state index contributed by atoms with van der Waals surface area (Å²) in [6, 6.07) is 1.83. The van der Waals surface area contributed by atoms with E-state index in [0.717, 1.165) is 0 Å². The smallest absolute Gasteiger partial charge is 0.337 e. The van der Waals surface area contributed by atoms with Crippen LogP contribution in [-0.4, -0.2) is 43.3 Å². The van der Waals surface area contributed by atoms with Crippen molar-refractivity contribution in [3.05, 3.63) is 34.0 Å². The molecule has 0 fully saturated rings. The molecule has 2 amide bonds. The van der Waals surface area contributed by atoms with Crippen LogP contribution in [0.4, 0.5) is 4.79 Å². The number of ether oxygens (including phenoxy) is 2. The number of amides is 2. The van der Waals surface area contributed by atoms with Gasteiger partial charge in [0.15, 0.2) is 11.5 Å². The van der Waals surface area contributed by atoms with Crippen molar-refractivity contribution in [2.45, 2.75) is 13.0 Å². The van der Waals surface area contributed by atoms with Crippen molar-refractivity contribution >= 4 is 23.6 Å². The normalized spacial score (nSPS) is 17.9.